The van der Waals surface area contributed by atoms with Gasteiger partial charge in [0.2, 0.25) is 0 Å². The first-order valence-corrected chi connectivity index (χ1v) is 12.4. The second kappa shape index (κ2) is 9.33. The molecular weight excluding hydrogens is 483 g/mol. The predicted octanol–water partition coefficient (Wildman–Crippen LogP) is 4.03. The van der Waals surface area contributed by atoms with Gasteiger partial charge < -0.3 is 15.7 Å². The number of rotatable bonds is 2. The van der Waals surface area contributed by atoms with Gasteiger partial charge >= 0.3 is 0 Å². The van der Waals surface area contributed by atoms with Crippen molar-refractivity contribution in [1.82, 2.24) is 9.55 Å². The van der Waals surface area contributed by atoms with E-state index in [1.165, 1.54) is 10.1 Å². The van der Waals surface area contributed by atoms with Crippen LogP contribution in [0.1, 0.15) is 41.4 Å². The molecule has 1 aliphatic carbocycles. The van der Waals surface area contributed by atoms with Gasteiger partial charge in [0.25, 0.3) is 5.56 Å². The third kappa shape index (κ3) is 4.34. The maximum absolute atomic E-state index is 13.1. The summed E-state index contributed by atoms with van der Waals surface area (Å²) in [5, 5.41) is 9.92. The predicted molar refractivity (Wildman–Crippen MR) is 140 cm³/mol. The lowest BCUT2D eigenvalue weighted by Crippen LogP contribution is -2.45. The maximum atomic E-state index is 13.1. The third-order valence-electron chi connectivity index (χ3n) is 7.30. The Bertz CT molecular complexity index is 1410. The fourth-order valence-electron chi connectivity index (χ4n) is 5.45. The zero-order chi connectivity index (χ0) is 24.7. The van der Waals surface area contributed by atoms with E-state index in [0.29, 0.717) is 27.4 Å². The first kappa shape index (κ1) is 23.9. The van der Waals surface area contributed by atoms with E-state index in [0.717, 1.165) is 43.5 Å². The minimum absolute atomic E-state index is 0.0137. The number of aromatic nitrogens is 2. The first-order valence-electron chi connectivity index (χ1n) is 11.6. The molecule has 0 amide bonds. The Morgan fingerprint density at radius 1 is 1.17 bits per heavy atom. The number of aliphatic hydroxyl groups excluding tert-OH is 1. The van der Waals surface area contributed by atoms with Crippen LogP contribution in [0.5, 0.6) is 0 Å². The Balaban J connectivity index is 1.36. The van der Waals surface area contributed by atoms with Crippen LogP contribution in [0.25, 0.3) is 5.69 Å². The highest BCUT2D eigenvalue weighted by molar-refractivity contribution is 6.34. The summed E-state index contributed by atoms with van der Waals surface area (Å²) in [6.07, 6.45) is 2.75. The van der Waals surface area contributed by atoms with Gasteiger partial charge in [0.05, 0.1) is 10.7 Å². The lowest BCUT2D eigenvalue weighted by atomic mass is 9.73. The molecule has 0 unspecified atom stereocenters. The van der Waals surface area contributed by atoms with Crippen LogP contribution in [-0.4, -0.2) is 34.4 Å². The number of benzene rings is 2. The van der Waals surface area contributed by atoms with Crippen LogP contribution in [0.15, 0.2) is 47.3 Å². The highest BCUT2D eigenvalue weighted by Crippen LogP contribution is 2.51. The van der Waals surface area contributed by atoms with Crippen LogP contribution in [0.4, 0.5) is 5.82 Å². The molecule has 0 radical (unpaired) electrons. The van der Waals surface area contributed by atoms with Crippen LogP contribution < -0.4 is 16.2 Å². The van der Waals surface area contributed by atoms with Crippen molar-refractivity contribution in [3.63, 3.8) is 0 Å². The molecule has 1 aromatic heterocycles. The molecule has 0 saturated carbocycles. The molecule has 2 aliphatic rings. The van der Waals surface area contributed by atoms with E-state index < -0.39 is 0 Å². The number of aryl methyl sites for hydroxylation is 1. The molecule has 6 nitrogen and oxygen atoms in total. The normalized spacial score (nSPS) is 18.3. The highest BCUT2D eigenvalue weighted by atomic mass is 35.5. The number of hydrogen-bond donors (Lipinski definition) is 2. The summed E-state index contributed by atoms with van der Waals surface area (Å²) in [7, 11) is 0. The van der Waals surface area contributed by atoms with Gasteiger partial charge in [0.15, 0.2) is 0 Å². The van der Waals surface area contributed by atoms with Crippen LogP contribution in [0.2, 0.25) is 10.0 Å². The van der Waals surface area contributed by atoms with Gasteiger partial charge in [-0.2, -0.15) is 0 Å². The fourth-order valence-corrected chi connectivity index (χ4v) is 5.82. The zero-order valence-corrected chi connectivity index (χ0v) is 20.9. The summed E-state index contributed by atoms with van der Waals surface area (Å²) in [5.41, 5.74) is 10.4. The molecule has 1 fully saturated rings. The number of nitrogens with two attached hydrogens (primary N) is 1. The van der Waals surface area contributed by atoms with E-state index in [-0.39, 0.29) is 23.6 Å². The van der Waals surface area contributed by atoms with Crippen molar-refractivity contribution in [2.45, 2.75) is 32.2 Å². The monoisotopic (exact) mass is 508 g/mol. The number of nitrogens with zero attached hydrogens (tertiary/aromatic N) is 3. The Morgan fingerprint density at radius 2 is 1.94 bits per heavy atom. The van der Waals surface area contributed by atoms with Crippen molar-refractivity contribution in [2.75, 3.05) is 24.6 Å². The minimum Gasteiger partial charge on any atom is -0.384 e. The van der Waals surface area contributed by atoms with Crippen LogP contribution in [-0.2, 0) is 6.42 Å². The summed E-state index contributed by atoms with van der Waals surface area (Å²) in [6.45, 7) is 3.18. The molecule has 3 N–H and O–H groups in total. The van der Waals surface area contributed by atoms with E-state index in [9.17, 15) is 4.79 Å². The van der Waals surface area contributed by atoms with Gasteiger partial charge in [-0.05, 0) is 73.1 Å². The Labute approximate surface area is 214 Å². The summed E-state index contributed by atoms with van der Waals surface area (Å²) in [4.78, 5) is 20.0. The number of aliphatic hydroxyl groups is 1. The Hall–Kier alpha value is -2.82. The average Bonchev–Trinajstić information content (AvgIpc) is 3.10. The van der Waals surface area contributed by atoms with Crippen molar-refractivity contribution in [3.8, 4) is 17.5 Å². The lowest BCUT2D eigenvalue weighted by Gasteiger charge is -2.42. The second-order valence-electron chi connectivity index (χ2n) is 9.31. The van der Waals surface area contributed by atoms with E-state index in [4.69, 9.17) is 39.0 Å². The molecule has 1 saturated heterocycles. The topological polar surface area (TPSA) is 84.4 Å². The molecule has 3 aromatic rings. The largest absolute Gasteiger partial charge is 0.384 e. The second-order valence-corrected chi connectivity index (χ2v) is 10.2. The lowest BCUT2D eigenvalue weighted by molar-refractivity contribution is 0.187. The molecule has 1 aliphatic heterocycles. The number of halogens is 2. The summed E-state index contributed by atoms with van der Waals surface area (Å²) in [6, 6.07) is 12.7. The molecule has 8 heteroatoms. The standard InChI is InChI=1S/C27H26Cl2N4O2/c1-17-31-24(15-25(35)33(17)23-14-20(28)6-7-22(23)29)32-10-8-27(9-11-32)16-19-5-4-18(3-2-12-34)13-21(19)26(27)30/h4-7,13-15,26,34H,8-12,16,30H2,1H3/t26-/m1/s1. The van der Waals surface area contributed by atoms with Gasteiger partial charge in [-0.1, -0.05) is 41.1 Å². The van der Waals surface area contributed by atoms with Gasteiger partial charge in [-0.15, -0.1) is 0 Å². The first-order chi connectivity index (χ1) is 16.8. The van der Waals surface area contributed by atoms with Gasteiger partial charge in [-0.3, -0.25) is 9.36 Å². The van der Waals surface area contributed by atoms with Crippen molar-refractivity contribution in [1.29, 1.82) is 0 Å². The molecule has 1 spiro atoms. The van der Waals surface area contributed by atoms with Crippen molar-refractivity contribution >= 4 is 29.0 Å². The average molecular weight is 509 g/mol. The van der Waals surface area contributed by atoms with E-state index in [1.807, 2.05) is 6.07 Å². The van der Waals surface area contributed by atoms with Gasteiger partial charge in [0.1, 0.15) is 18.2 Å². The molecule has 2 heterocycles. The summed E-state index contributed by atoms with van der Waals surface area (Å²) >= 11 is 12.5. The third-order valence-corrected chi connectivity index (χ3v) is 7.85. The number of fused-ring (bicyclic) bond motifs is 1. The molecule has 2 aromatic carbocycles. The summed E-state index contributed by atoms with van der Waals surface area (Å²) in [5.74, 6) is 6.91. The van der Waals surface area contributed by atoms with Crippen molar-refractivity contribution in [3.05, 3.63) is 85.4 Å². The molecular formula is C27H26Cl2N4O2. The number of piperidine rings is 1. The van der Waals surface area contributed by atoms with Gasteiger partial charge in [0, 0.05) is 35.8 Å². The highest BCUT2D eigenvalue weighted by Gasteiger charge is 2.46. The number of hydrogen-bond acceptors (Lipinski definition) is 5. The molecule has 0 bridgehead atoms. The van der Waals surface area contributed by atoms with Crippen LogP contribution in [0, 0.1) is 24.2 Å². The molecule has 180 valence electrons. The SMILES string of the molecule is Cc1nc(N2CCC3(CC2)Cc2ccc(C#CCO)cc2[C@H]3N)cc(=O)n1-c1cc(Cl)ccc1Cl. The van der Waals surface area contributed by atoms with E-state index in [2.05, 4.69) is 28.9 Å². The number of anilines is 1. The zero-order valence-electron chi connectivity index (χ0n) is 19.4. The summed E-state index contributed by atoms with van der Waals surface area (Å²) < 4.78 is 1.49. The van der Waals surface area contributed by atoms with E-state index in [1.54, 1.807) is 31.2 Å². The maximum Gasteiger partial charge on any atom is 0.260 e. The van der Waals surface area contributed by atoms with Crippen LogP contribution >= 0.6 is 23.2 Å². The Morgan fingerprint density at radius 3 is 2.66 bits per heavy atom. The minimum atomic E-state index is -0.196. The molecule has 5 rings (SSSR count). The quantitative estimate of drug-likeness (QED) is 0.510. The fraction of sp³-hybridized carbons (Fsp3) is 0.333. The Kier molecular flexibility index (Phi) is 6.37. The smallest absolute Gasteiger partial charge is 0.260 e. The molecule has 1 atom stereocenters. The van der Waals surface area contributed by atoms with Crippen molar-refractivity contribution in [2.24, 2.45) is 11.1 Å². The van der Waals surface area contributed by atoms with Gasteiger partial charge in [-0.25, -0.2) is 4.98 Å². The molecule has 35 heavy (non-hydrogen) atoms. The van der Waals surface area contributed by atoms with Crippen molar-refractivity contribution < 1.29 is 5.11 Å². The van der Waals surface area contributed by atoms with Crippen LogP contribution in [0.3, 0.4) is 0 Å². The van der Waals surface area contributed by atoms with E-state index >= 15 is 0 Å².